The molecule has 1 N–H and O–H groups in total. The topological polar surface area (TPSA) is 77.1 Å². The van der Waals surface area contributed by atoms with Crippen molar-refractivity contribution < 1.29 is 23.8 Å². The monoisotopic (exact) mass is 448 g/mol. The number of ether oxygens (including phenoxy) is 3. The third kappa shape index (κ3) is 4.72. The second-order valence-corrected chi connectivity index (χ2v) is 8.18. The zero-order valence-electron chi connectivity index (χ0n) is 19.3. The average Bonchev–Trinajstić information content (AvgIpc) is 2.79. The third-order valence-electron chi connectivity index (χ3n) is 5.90. The first-order valence-corrected chi connectivity index (χ1v) is 10.8. The van der Waals surface area contributed by atoms with Crippen LogP contribution in [0.4, 0.5) is 0 Å². The first kappa shape index (κ1) is 22.5. The fourth-order valence-corrected chi connectivity index (χ4v) is 4.18. The van der Waals surface area contributed by atoms with E-state index < -0.39 is 0 Å². The number of benzene rings is 3. The minimum absolute atomic E-state index is 0.0625. The second kappa shape index (κ2) is 9.40. The summed E-state index contributed by atoms with van der Waals surface area (Å²) in [7, 11) is 4.79. The number of nitrogens with zero attached hydrogens (tertiary/aromatic N) is 1. The van der Waals surface area contributed by atoms with Gasteiger partial charge >= 0.3 is 0 Å². The number of likely N-dealkylation sites (tertiary alicyclic amines) is 1. The molecule has 2 amide bonds. The Kier molecular flexibility index (Phi) is 6.40. The van der Waals surface area contributed by atoms with Gasteiger partial charge in [-0.25, -0.2) is 0 Å². The summed E-state index contributed by atoms with van der Waals surface area (Å²) in [5.74, 6) is 1.78. The minimum atomic E-state index is -0.0625. The van der Waals surface area contributed by atoms with Crippen molar-refractivity contribution in [3.05, 3.63) is 54.1 Å². The molecule has 0 spiro atoms. The highest BCUT2D eigenvalue weighted by atomic mass is 16.5. The number of carbonyl (C=O) groups is 2. The van der Waals surface area contributed by atoms with E-state index in [-0.39, 0.29) is 17.9 Å². The molecule has 172 valence electrons. The standard InChI is InChI=1S/C26H28N2O5/c1-16(29)27-22-14-28(15-22)25(30)10-17-5-6-19-11-20(8-7-18(19)9-17)21-12-23(31-2)26(33-4)24(13-21)32-3/h5-9,11-13,22H,10,14-15H2,1-4H3,(H,27,29). The van der Waals surface area contributed by atoms with Gasteiger partial charge in [0.05, 0.1) is 33.8 Å². The highest BCUT2D eigenvalue weighted by molar-refractivity contribution is 5.89. The van der Waals surface area contributed by atoms with E-state index in [0.29, 0.717) is 36.8 Å². The van der Waals surface area contributed by atoms with Crippen molar-refractivity contribution in [2.24, 2.45) is 0 Å². The van der Waals surface area contributed by atoms with Crippen molar-refractivity contribution in [1.82, 2.24) is 10.2 Å². The third-order valence-corrected chi connectivity index (χ3v) is 5.90. The summed E-state index contributed by atoms with van der Waals surface area (Å²) in [6.45, 7) is 2.64. The van der Waals surface area contributed by atoms with Crippen molar-refractivity contribution in [1.29, 1.82) is 0 Å². The smallest absolute Gasteiger partial charge is 0.227 e. The maximum absolute atomic E-state index is 12.6. The molecule has 0 saturated carbocycles. The van der Waals surface area contributed by atoms with Gasteiger partial charge in [-0.05, 0) is 45.7 Å². The largest absolute Gasteiger partial charge is 0.493 e. The molecule has 1 saturated heterocycles. The van der Waals surface area contributed by atoms with Crippen LogP contribution >= 0.6 is 0 Å². The summed E-state index contributed by atoms with van der Waals surface area (Å²) in [5.41, 5.74) is 2.95. The summed E-state index contributed by atoms with van der Waals surface area (Å²) in [4.78, 5) is 25.4. The molecule has 33 heavy (non-hydrogen) atoms. The van der Waals surface area contributed by atoms with Crippen LogP contribution in [-0.2, 0) is 16.0 Å². The number of hydrogen-bond donors (Lipinski definition) is 1. The lowest BCUT2D eigenvalue weighted by molar-refractivity contribution is -0.137. The Hall–Kier alpha value is -3.74. The number of methoxy groups -OCH3 is 3. The van der Waals surface area contributed by atoms with Gasteiger partial charge in [0.15, 0.2) is 11.5 Å². The SMILES string of the molecule is COc1cc(-c2ccc3cc(CC(=O)N4CC(NC(C)=O)C4)ccc3c2)cc(OC)c1OC. The normalized spacial score (nSPS) is 13.4. The summed E-state index contributed by atoms with van der Waals surface area (Å²) >= 11 is 0. The van der Waals surface area contributed by atoms with Gasteiger partial charge in [0, 0.05) is 20.0 Å². The van der Waals surface area contributed by atoms with E-state index in [4.69, 9.17) is 14.2 Å². The van der Waals surface area contributed by atoms with Crippen molar-refractivity contribution in [3.8, 4) is 28.4 Å². The Labute approximate surface area is 193 Å². The van der Waals surface area contributed by atoms with Gasteiger partial charge < -0.3 is 24.4 Å². The molecular weight excluding hydrogens is 420 g/mol. The Morgan fingerprint density at radius 1 is 0.879 bits per heavy atom. The molecule has 1 aliphatic rings. The Balaban J connectivity index is 1.52. The van der Waals surface area contributed by atoms with E-state index in [1.165, 1.54) is 6.92 Å². The molecule has 0 unspecified atom stereocenters. The van der Waals surface area contributed by atoms with Crippen molar-refractivity contribution in [2.45, 2.75) is 19.4 Å². The van der Waals surface area contributed by atoms with Crippen LogP contribution in [0.15, 0.2) is 48.5 Å². The van der Waals surface area contributed by atoms with Gasteiger partial charge in [-0.15, -0.1) is 0 Å². The fraction of sp³-hybridized carbons (Fsp3) is 0.308. The number of carbonyl (C=O) groups excluding carboxylic acids is 2. The van der Waals surface area contributed by atoms with Crippen molar-refractivity contribution in [2.75, 3.05) is 34.4 Å². The molecular formula is C26H28N2O5. The molecule has 0 aromatic heterocycles. The predicted molar refractivity (Wildman–Crippen MR) is 127 cm³/mol. The van der Waals surface area contributed by atoms with Crippen LogP contribution in [0.5, 0.6) is 17.2 Å². The van der Waals surface area contributed by atoms with Gasteiger partial charge in [0.1, 0.15) is 0 Å². The average molecular weight is 449 g/mol. The summed E-state index contributed by atoms with van der Waals surface area (Å²) in [5, 5.41) is 4.98. The number of nitrogens with one attached hydrogen (secondary N) is 1. The quantitative estimate of drug-likeness (QED) is 0.599. The number of rotatable bonds is 7. The molecule has 3 aromatic rings. The van der Waals surface area contributed by atoms with Gasteiger partial charge in [-0.3, -0.25) is 9.59 Å². The fourth-order valence-electron chi connectivity index (χ4n) is 4.18. The van der Waals surface area contributed by atoms with E-state index in [2.05, 4.69) is 23.5 Å². The van der Waals surface area contributed by atoms with Gasteiger partial charge in [0.25, 0.3) is 0 Å². The van der Waals surface area contributed by atoms with Crippen LogP contribution in [0.2, 0.25) is 0 Å². The first-order chi connectivity index (χ1) is 15.9. The highest BCUT2D eigenvalue weighted by Gasteiger charge is 2.30. The van der Waals surface area contributed by atoms with E-state index in [1.807, 2.05) is 30.3 Å². The molecule has 4 rings (SSSR count). The molecule has 7 nitrogen and oxygen atoms in total. The van der Waals surface area contributed by atoms with E-state index in [0.717, 1.165) is 27.5 Å². The van der Waals surface area contributed by atoms with Crippen molar-refractivity contribution >= 4 is 22.6 Å². The maximum Gasteiger partial charge on any atom is 0.227 e. The molecule has 0 atom stereocenters. The lowest BCUT2D eigenvalue weighted by Crippen LogP contribution is -2.60. The predicted octanol–water partition coefficient (Wildman–Crippen LogP) is 3.42. The van der Waals surface area contributed by atoms with Gasteiger partial charge in [-0.2, -0.15) is 0 Å². The Morgan fingerprint density at radius 2 is 1.52 bits per heavy atom. The van der Waals surface area contributed by atoms with Crippen LogP contribution < -0.4 is 19.5 Å². The van der Waals surface area contributed by atoms with Crippen molar-refractivity contribution in [3.63, 3.8) is 0 Å². The number of hydrogen-bond acceptors (Lipinski definition) is 5. The van der Waals surface area contributed by atoms with Crippen LogP contribution in [0.1, 0.15) is 12.5 Å². The number of amides is 2. The zero-order chi connectivity index (χ0) is 23.5. The number of fused-ring (bicyclic) bond motifs is 1. The van der Waals surface area contributed by atoms with Gasteiger partial charge in [-0.1, -0.05) is 30.3 Å². The molecule has 7 heteroatoms. The van der Waals surface area contributed by atoms with Gasteiger partial charge in [0.2, 0.25) is 17.6 Å². The molecule has 1 heterocycles. The Bertz CT molecular complexity index is 1180. The molecule has 3 aromatic carbocycles. The minimum Gasteiger partial charge on any atom is -0.493 e. The molecule has 1 fully saturated rings. The molecule has 0 bridgehead atoms. The maximum atomic E-state index is 12.6. The zero-order valence-corrected chi connectivity index (χ0v) is 19.3. The molecule has 1 aliphatic heterocycles. The summed E-state index contributed by atoms with van der Waals surface area (Å²) < 4.78 is 16.4. The Morgan fingerprint density at radius 3 is 2.12 bits per heavy atom. The van der Waals surface area contributed by atoms with Crippen LogP contribution in [0, 0.1) is 0 Å². The lowest BCUT2D eigenvalue weighted by Gasteiger charge is -2.39. The molecule has 0 aliphatic carbocycles. The van der Waals surface area contributed by atoms with Crippen LogP contribution in [0.3, 0.4) is 0 Å². The van der Waals surface area contributed by atoms with E-state index >= 15 is 0 Å². The molecule has 0 radical (unpaired) electrons. The first-order valence-electron chi connectivity index (χ1n) is 10.8. The van der Waals surface area contributed by atoms with Crippen LogP contribution in [0.25, 0.3) is 21.9 Å². The van der Waals surface area contributed by atoms with E-state index in [1.54, 1.807) is 26.2 Å². The summed E-state index contributed by atoms with van der Waals surface area (Å²) in [6.07, 6.45) is 0.345. The highest BCUT2D eigenvalue weighted by Crippen LogP contribution is 2.41. The summed E-state index contributed by atoms with van der Waals surface area (Å²) in [6, 6.07) is 16.2. The van der Waals surface area contributed by atoms with E-state index in [9.17, 15) is 9.59 Å². The lowest BCUT2D eigenvalue weighted by atomic mass is 9.98. The second-order valence-electron chi connectivity index (χ2n) is 8.18. The van der Waals surface area contributed by atoms with Crippen LogP contribution in [-0.4, -0.2) is 57.2 Å².